The summed E-state index contributed by atoms with van der Waals surface area (Å²) in [4.78, 5) is 58.1. The van der Waals surface area contributed by atoms with Crippen molar-refractivity contribution >= 4 is 73.2 Å². The van der Waals surface area contributed by atoms with Crippen molar-refractivity contribution in [3.63, 3.8) is 0 Å². The normalized spacial score (nSPS) is 27.8. The fourth-order valence-corrected chi connectivity index (χ4v) is 10.6. The monoisotopic (exact) mass is 690 g/mol. The number of anilines is 1. The van der Waals surface area contributed by atoms with Crippen LogP contribution >= 0.6 is 22.9 Å². The molecular weight excluding hydrogens is 660 g/mol. The Hall–Kier alpha value is -4.80. The molecule has 2 saturated heterocycles. The minimum absolute atomic E-state index is 0.0150. The van der Waals surface area contributed by atoms with Gasteiger partial charge < -0.3 is 5.11 Å². The Morgan fingerprint density at radius 3 is 2.61 bits per heavy atom. The Labute approximate surface area is 290 Å². The van der Waals surface area contributed by atoms with Crippen LogP contribution in [0.3, 0.4) is 0 Å². The Morgan fingerprint density at radius 1 is 1.00 bits per heavy atom. The standard InChI is InChI=1S/C38H31ClN4O5S/c1-17-23-14-19(39)9-13-28(23)49-33(17)26-16-29(42(3)41-26)43-36(47)25-15-24-21(10-11-22-30(24)35(46)40-34(22)45)32(38(25,2)37(43)48)31-20-7-5-4-6-18(20)8-12-27(31)44/h4-10,12-14,16,22,24-25,30,32,44H,11,15H2,1-3H3,(H,40,45,46)/t22-,24+,25-,30-,32+,38+/m0/s1. The lowest BCUT2D eigenvalue weighted by molar-refractivity contribution is -0.131. The molecule has 9 nitrogen and oxygen atoms in total. The lowest BCUT2D eigenvalue weighted by atomic mass is 9.51. The van der Waals surface area contributed by atoms with E-state index in [1.807, 2.05) is 68.5 Å². The molecule has 2 aliphatic carbocycles. The summed E-state index contributed by atoms with van der Waals surface area (Å²) in [5.74, 6) is -4.24. The maximum Gasteiger partial charge on any atom is 0.242 e. The quantitative estimate of drug-likeness (QED) is 0.162. The van der Waals surface area contributed by atoms with Crippen molar-refractivity contribution in [1.29, 1.82) is 0 Å². The van der Waals surface area contributed by atoms with E-state index in [2.05, 4.69) is 5.32 Å². The topological polar surface area (TPSA) is 122 Å². The van der Waals surface area contributed by atoms with Crippen LogP contribution in [-0.2, 0) is 26.2 Å². The Balaban J connectivity index is 1.22. The first-order chi connectivity index (χ1) is 23.5. The van der Waals surface area contributed by atoms with Gasteiger partial charge in [-0.25, -0.2) is 4.90 Å². The molecule has 0 radical (unpaired) electrons. The first kappa shape index (κ1) is 30.3. The summed E-state index contributed by atoms with van der Waals surface area (Å²) >= 11 is 7.87. The number of nitrogens with zero attached hydrogens (tertiary/aromatic N) is 3. The zero-order valence-electron chi connectivity index (χ0n) is 26.9. The Morgan fingerprint density at radius 2 is 1.80 bits per heavy atom. The largest absolute Gasteiger partial charge is 0.508 e. The summed E-state index contributed by atoms with van der Waals surface area (Å²) in [7, 11) is 1.72. The van der Waals surface area contributed by atoms with Gasteiger partial charge in [0.1, 0.15) is 17.3 Å². The van der Waals surface area contributed by atoms with Gasteiger partial charge in [0.15, 0.2) is 0 Å². The van der Waals surface area contributed by atoms with Gasteiger partial charge in [-0.2, -0.15) is 5.10 Å². The lowest BCUT2D eigenvalue weighted by Crippen LogP contribution is -2.49. The van der Waals surface area contributed by atoms with Gasteiger partial charge in [0.2, 0.25) is 23.6 Å². The molecule has 5 aromatic rings. The number of thiophene rings is 1. The summed E-state index contributed by atoms with van der Waals surface area (Å²) in [6.07, 6.45) is 2.55. The number of hydrogen-bond acceptors (Lipinski definition) is 7. The minimum atomic E-state index is -1.30. The van der Waals surface area contributed by atoms with E-state index in [0.717, 1.165) is 36.9 Å². The first-order valence-electron chi connectivity index (χ1n) is 16.4. The van der Waals surface area contributed by atoms with Crippen molar-refractivity contribution in [3.05, 3.63) is 88.5 Å². The van der Waals surface area contributed by atoms with E-state index in [9.17, 15) is 19.5 Å². The predicted molar refractivity (Wildman–Crippen MR) is 187 cm³/mol. The molecule has 49 heavy (non-hydrogen) atoms. The second kappa shape index (κ2) is 10.4. The van der Waals surface area contributed by atoms with E-state index >= 15 is 4.79 Å². The number of fused-ring (bicyclic) bond motifs is 6. The molecule has 0 spiro atoms. The number of hydrogen-bond donors (Lipinski definition) is 2. The molecule has 9 rings (SSSR count). The fourth-order valence-electron chi connectivity index (χ4n) is 9.26. The highest BCUT2D eigenvalue weighted by Crippen LogP contribution is 2.64. The molecule has 4 heterocycles. The molecule has 4 amide bonds. The van der Waals surface area contributed by atoms with E-state index in [0.29, 0.717) is 28.5 Å². The van der Waals surface area contributed by atoms with Crippen molar-refractivity contribution < 1.29 is 24.3 Å². The number of halogens is 1. The van der Waals surface area contributed by atoms with Gasteiger partial charge in [-0.15, -0.1) is 11.3 Å². The van der Waals surface area contributed by atoms with Crippen molar-refractivity contribution in [1.82, 2.24) is 15.1 Å². The zero-order valence-corrected chi connectivity index (χ0v) is 28.4. The van der Waals surface area contributed by atoms with Crippen LogP contribution in [0.1, 0.15) is 36.8 Å². The number of phenolic OH excluding ortho intramolecular Hbond substituents is 1. The highest BCUT2D eigenvalue weighted by molar-refractivity contribution is 7.22. The van der Waals surface area contributed by atoms with Gasteiger partial charge >= 0.3 is 0 Å². The number of imide groups is 2. The Bertz CT molecular complexity index is 2380. The molecule has 4 aliphatic rings. The van der Waals surface area contributed by atoms with E-state index in [1.54, 1.807) is 35.2 Å². The maximum absolute atomic E-state index is 15.1. The van der Waals surface area contributed by atoms with Gasteiger partial charge in [-0.05, 0) is 78.6 Å². The molecule has 246 valence electrons. The van der Waals surface area contributed by atoms with Gasteiger partial charge in [0.05, 0.1) is 28.0 Å². The number of allylic oxidation sites excluding steroid dienone is 2. The number of carbonyl (C=O) groups is 4. The third kappa shape index (κ3) is 4.01. The summed E-state index contributed by atoms with van der Waals surface area (Å²) in [5.41, 5.74) is 1.72. The fraction of sp³-hybridized carbons (Fsp3) is 0.289. The van der Waals surface area contributed by atoms with Gasteiger partial charge in [0.25, 0.3) is 0 Å². The molecule has 1 saturated carbocycles. The molecule has 6 atom stereocenters. The minimum Gasteiger partial charge on any atom is -0.508 e. The second-order valence-corrected chi connectivity index (χ2v) is 15.4. The van der Waals surface area contributed by atoms with Crippen LogP contribution in [0.4, 0.5) is 5.82 Å². The number of nitrogens with one attached hydrogen (secondary N) is 1. The third-order valence-electron chi connectivity index (χ3n) is 11.6. The molecular formula is C38H31ClN4O5S. The number of aryl methyl sites for hydroxylation is 2. The number of carbonyl (C=O) groups excluding carboxylic acids is 4. The SMILES string of the molecule is Cc1c(-c2cc(N3C(=O)[C@@H]4C[C@@H]5C(=CC[C@@H]6C(=O)NC(=O)[C@@H]65)[C@H](c5c(O)ccc6ccccc56)[C@]4(C)C3=O)n(C)n2)sc2ccc(Cl)cc12. The van der Waals surface area contributed by atoms with Crippen LogP contribution in [0, 0.1) is 36.0 Å². The molecule has 0 bridgehead atoms. The lowest BCUT2D eigenvalue weighted by Gasteiger charge is -2.49. The third-order valence-corrected chi connectivity index (χ3v) is 13.1. The number of aromatic hydroxyl groups is 1. The maximum atomic E-state index is 15.1. The van der Waals surface area contributed by atoms with Crippen LogP contribution in [0.15, 0.2) is 72.3 Å². The predicted octanol–water partition coefficient (Wildman–Crippen LogP) is 6.64. The summed E-state index contributed by atoms with van der Waals surface area (Å²) in [6.45, 7) is 3.83. The van der Waals surface area contributed by atoms with Crippen molar-refractivity contribution in [2.24, 2.45) is 36.1 Å². The van der Waals surface area contributed by atoms with Crippen LogP contribution in [0.5, 0.6) is 5.75 Å². The van der Waals surface area contributed by atoms with Crippen LogP contribution in [-0.4, -0.2) is 38.5 Å². The average Bonchev–Trinajstić information content (AvgIpc) is 3.76. The summed E-state index contributed by atoms with van der Waals surface area (Å²) in [5, 5.41) is 22.2. The van der Waals surface area contributed by atoms with Crippen LogP contribution < -0.4 is 10.2 Å². The van der Waals surface area contributed by atoms with E-state index in [4.69, 9.17) is 16.7 Å². The number of phenols is 1. The number of rotatable bonds is 3. The van der Waals surface area contributed by atoms with Crippen LogP contribution in [0.25, 0.3) is 31.4 Å². The highest BCUT2D eigenvalue weighted by Gasteiger charge is 2.67. The molecule has 2 N–H and O–H groups in total. The van der Waals surface area contributed by atoms with Crippen LogP contribution in [0.2, 0.25) is 5.02 Å². The van der Waals surface area contributed by atoms with E-state index in [1.165, 1.54) is 4.90 Å². The molecule has 0 unspecified atom stereocenters. The molecule has 2 aromatic heterocycles. The van der Waals surface area contributed by atoms with Gasteiger partial charge in [-0.1, -0.05) is 53.6 Å². The van der Waals surface area contributed by atoms with Gasteiger partial charge in [-0.3, -0.25) is 29.2 Å². The average molecular weight is 691 g/mol. The summed E-state index contributed by atoms with van der Waals surface area (Å²) in [6, 6.07) is 18.6. The summed E-state index contributed by atoms with van der Waals surface area (Å²) < 4.78 is 2.62. The molecule has 3 aromatic carbocycles. The molecule has 2 aliphatic heterocycles. The van der Waals surface area contributed by atoms with Crippen molar-refractivity contribution in [2.75, 3.05) is 4.90 Å². The number of amides is 4. The second-order valence-electron chi connectivity index (χ2n) is 13.9. The highest BCUT2D eigenvalue weighted by atomic mass is 35.5. The Kier molecular flexibility index (Phi) is 6.40. The van der Waals surface area contributed by atoms with Gasteiger partial charge in [0, 0.05) is 34.3 Å². The van der Waals surface area contributed by atoms with Crippen molar-refractivity contribution in [3.8, 4) is 16.3 Å². The molecule has 11 heteroatoms. The smallest absolute Gasteiger partial charge is 0.242 e. The van der Waals surface area contributed by atoms with E-state index in [-0.39, 0.29) is 35.8 Å². The number of benzene rings is 3. The molecule has 3 fully saturated rings. The zero-order chi connectivity index (χ0) is 34.1. The van der Waals surface area contributed by atoms with E-state index < -0.39 is 35.0 Å². The number of aromatic nitrogens is 2. The first-order valence-corrected chi connectivity index (χ1v) is 17.5. The van der Waals surface area contributed by atoms with Crippen molar-refractivity contribution in [2.45, 2.75) is 32.6 Å².